The fourth-order valence-electron chi connectivity index (χ4n) is 1.91. The minimum Gasteiger partial charge on any atom is -0.494 e. The Bertz CT molecular complexity index is 508. The maximum atomic E-state index is 12.4. The summed E-state index contributed by atoms with van der Waals surface area (Å²) in [7, 11) is 0. The Morgan fingerprint density at radius 2 is 2.15 bits per heavy atom. The summed E-state index contributed by atoms with van der Waals surface area (Å²) in [4.78, 5) is 14.1. The second kappa shape index (κ2) is 7.39. The van der Waals surface area contributed by atoms with Gasteiger partial charge in [-0.1, -0.05) is 0 Å². The summed E-state index contributed by atoms with van der Waals surface area (Å²) < 4.78 is 5.39. The van der Waals surface area contributed by atoms with E-state index >= 15 is 0 Å². The van der Waals surface area contributed by atoms with Gasteiger partial charge >= 0.3 is 0 Å². The average molecular weight is 275 g/mol. The number of nitrogens with two attached hydrogens (primary N) is 1. The van der Waals surface area contributed by atoms with E-state index < -0.39 is 0 Å². The summed E-state index contributed by atoms with van der Waals surface area (Å²) in [5.41, 5.74) is 6.77. The number of ether oxygens (including phenoxy) is 1. The molecule has 2 N–H and O–H groups in total. The van der Waals surface area contributed by atoms with Gasteiger partial charge in [-0.25, -0.2) is 0 Å². The van der Waals surface area contributed by atoms with Crippen LogP contribution in [-0.4, -0.2) is 30.5 Å². The lowest BCUT2D eigenvalue weighted by atomic mass is 10.1. The summed E-state index contributed by atoms with van der Waals surface area (Å²) in [6, 6.07) is 7.14. The SMILES string of the molecule is CCOc1cc(N)cc(C(=O)N(CC)CC(C)C#N)c1. The Balaban J connectivity index is 2.97. The molecule has 108 valence electrons. The number of nitriles is 1. The highest BCUT2D eigenvalue weighted by molar-refractivity contribution is 5.95. The molecule has 1 aromatic carbocycles. The highest BCUT2D eigenvalue weighted by Crippen LogP contribution is 2.20. The first kappa shape index (κ1) is 15.8. The molecule has 0 aliphatic rings. The highest BCUT2D eigenvalue weighted by atomic mass is 16.5. The number of hydrogen-bond acceptors (Lipinski definition) is 4. The third kappa shape index (κ3) is 4.16. The van der Waals surface area contributed by atoms with Crippen LogP contribution in [0.1, 0.15) is 31.1 Å². The third-order valence-electron chi connectivity index (χ3n) is 2.87. The summed E-state index contributed by atoms with van der Waals surface area (Å²) in [6.45, 7) is 7.02. The molecule has 0 aliphatic heterocycles. The zero-order valence-corrected chi connectivity index (χ0v) is 12.2. The van der Waals surface area contributed by atoms with E-state index in [4.69, 9.17) is 15.7 Å². The molecule has 0 spiro atoms. The van der Waals surface area contributed by atoms with Gasteiger partial charge in [0.2, 0.25) is 0 Å². The van der Waals surface area contributed by atoms with Crippen LogP contribution in [-0.2, 0) is 0 Å². The minimum absolute atomic E-state index is 0.136. The van der Waals surface area contributed by atoms with Crippen molar-refractivity contribution in [2.45, 2.75) is 20.8 Å². The molecule has 1 atom stereocenters. The van der Waals surface area contributed by atoms with Gasteiger partial charge in [0.1, 0.15) is 5.75 Å². The largest absolute Gasteiger partial charge is 0.494 e. The molecule has 5 nitrogen and oxygen atoms in total. The Labute approximate surface area is 119 Å². The van der Waals surface area contributed by atoms with Crippen LogP contribution in [0, 0.1) is 17.2 Å². The van der Waals surface area contributed by atoms with Crippen LogP contribution >= 0.6 is 0 Å². The number of anilines is 1. The predicted octanol–water partition coefficient (Wildman–Crippen LogP) is 2.29. The molecule has 5 heteroatoms. The number of benzene rings is 1. The van der Waals surface area contributed by atoms with E-state index in [1.165, 1.54) is 0 Å². The van der Waals surface area contributed by atoms with Crippen LogP contribution in [0.5, 0.6) is 5.75 Å². The molecule has 1 aromatic rings. The monoisotopic (exact) mass is 275 g/mol. The molecule has 0 aromatic heterocycles. The topological polar surface area (TPSA) is 79.3 Å². The maximum absolute atomic E-state index is 12.4. The normalized spacial score (nSPS) is 11.5. The Kier molecular flexibility index (Phi) is 5.85. The molecule has 0 saturated carbocycles. The molecule has 0 heterocycles. The van der Waals surface area contributed by atoms with Crippen molar-refractivity contribution in [1.29, 1.82) is 5.26 Å². The molecule has 20 heavy (non-hydrogen) atoms. The summed E-state index contributed by atoms with van der Waals surface area (Å²) in [5, 5.41) is 8.86. The van der Waals surface area contributed by atoms with Crippen LogP contribution in [0.2, 0.25) is 0 Å². The smallest absolute Gasteiger partial charge is 0.254 e. The highest BCUT2D eigenvalue weighted by Gasteiger charge is 2.17. The first-order valence-electron chi connectivity index (χ1n) is 6.74. The van der Waals surface area contributed by atoms with Crippen LogP contribution in [0.4, 0.5) is 5.69 Å². The van der Waals surface area contributed by atoms with Gasteiger partial charge in [-0.2, -0.15) is 5.26 Å². The summed E-state index contributed by atoms with van der Waals surface area (Å²) in [5.74, 6) is 0.245. The first-order valence-corrected chi connectivity index (χ1v) is 6.74. The lowest BCUT2D eigenvalue weighted by molar-refractivity contribution is 0.0752. The molecular formula is C15H21N3O2. The van der Waals surface area contributed by atoms with Crippen molar-refractivity contribution >= 4 is 11.6 Å². The maximum Gasteiger partial charge on any atom is 0.254 e. The lowest BCUT2D eigenvalue weighted by Gasteiger charge is -2.22. The molecule has 0 saturated heterocycles. The molecule has 1 unspecified atom stereocenters. The van der Waals surface area contributed by atoms with E-state index in [1.54, 1.807) is 30.0 Å². The van der Waals surface area contributed by atoms with E-state index in [0.717, 1.165) is 0 Å². The van der Waals surface area contributed by atoms with Crippen molar-refractivity contribution < 1.29 is 9.53 Å². The van der Waals surface area contributed by atoms with Crippen LogP contribution < -0.4 is 10.5 Å². The molecule has 1 rings (SSSR count). The number of amides is 1. The van der Waals surface area contributed by atoms with Crippen molar-refractivity contribution in [1.82, 2.24) is 4.90 Å². The first-order chi connectivity index (χ1) is 9.51. The van der Waals surface area contributed by atoms with Gasteiger partial charge in [-0.15, -0.1) is 0 Å². The summed E-state index contributed by atoms with van der Waals surface area (Å²) >= 11 is 0. The fourth-order valence-corrected chi connectivity index (χ4v) is 1.91. The van der Waals surface area contributed by atoms with Gasteiger partial charge in [-0.3, -0.25) is 4.79 Å². The number of carbonyl (C=O) groups is 1. The number of nitrogen functional groups attached to an aromatic ring is 1. The van der Waals surface area contributed by atoms with Gasteiger partial charge in [0.25, 0.3) is 5.91 Å². The zero-order chi connectivity index (χ0) is 15.1. The van der Waals surface area contributed by atoms with E-state index in [1.807, 2.05) is 13.8 Å². The second-order valence-corrected chi connectivity index (χ2v) is 4.60. The van der Waals surface area contributed by atoms with Gasteiger partial charge < -0.3 is 15.4 Å². The minimum atomic E-state index is -0.202. The molecule has 0 aliphatic carbocycles. The zero-order valence-electron chi connectivity index (χ0n) is 12.2. The Morgan fingerprint density at radius 3 is 2.70 bits per heavy atom. The van der Waals surface area contributed by atoms with Crippen LogP contribution in [0.25, 0.3) is 0 Å². The van der Waals surface area contributed by atoms with Gasteiger partial charge in [0, 0.05) is 30.4 Å². The molecule has 0 bridgehead atoms. The molecular weight excluding hydrogens is 254 g/mol. The molecule has 0 fully saturated rings. The Hall–Kier alpha value is -2.22. The van der Waals surface area contributed by atoms with Crippen molar-refractivity contribution in [2.24, 2.45) is 5.92 Å². The second-order valence-electron chi connectivity index (χ2n) is 4.60. The number of rotatable bonds is 6. The third-order valence-corrected chi connectivity index (χ3v) is 2.87. The number of nitrogens with zero attached hydrogens (tertiary/aromatic N) is 2. The average Bonchev–Trinajstić information content (AvgIpc) is 2.43. The van der Waals surface area contributed by atoms with E-state index in [-0.39, 0.29) is 11.8 Å². The van der Waals surface area contributed by atoms with E-state index in [9.17, 15) is 4.79 Å². The number of hydrogen-bond donors (Lipinski definition) is 1. The fraction of sp³-hybridized carbons (Fsp3) is 0.467. The predicted molar refractivity (Wildman–Crippen MR) is 78.4 cm³/mol. The van der Waals surface area contributed by atoms with Crippen molar-refractivity contribution in [3.8, 4) is 11.8 Å². The van der Waals surface area contributed by atoms with Crippen molar-refractivity contribution in [3.63, 3.8) is 0 Å². The van der Waals surface area contributed by atoms with Gasteiger partial charge in [0.05, 0.1) is 18.6 Å². The lowest BCUT2D eigenvalue weighted by Crippen LogP contribution is -2.34. The number of carbonyl (C=O) groups excluding carboxylic acids is 1. The standard InChI is InChI=1S/C15H21N3O2/c1-4-18(10-11(3)9-16)15(19)12-6-13(17)8-14(7-12)20-5-2/h6-8,11H,4-5,10,17H2,1-3H3. The van der Waals surface area contributed by atoms with Crippen LogP contribution in [0.15, 0.2) is 18.2 Å². The quantitative estimate of drug-likeness (QED) is 0.808. The molecule has 0 radical (unpaired) electrons. The van der Waals surface area contributed by atoms with Gasteiger partial charge in [-0.05, 0) is 32.9 Å². The van der Waals surface area contributed by atoms with Crippen molar-refractivity contribution in [2.75, 3.05) is 25.4 Å². The van der Waals surface area contributed by atoms with Gasteiger partial charge in [0.15, 0.2) is 0 Å². The molecule has 1 amide bonds. The van der Waals surface area contributed by atoms with Crippen molar-refractivity contribution in [3.05, 3.63) is 23.8 Å². The van der Waals surface area contributed by atoms with E-state index in [2.05, 4.69) is 6.07 Å². The Morgan fingerprint density at radius 1 is 1.45 bits per heavy atom. The van der Waals surface area contributed by atoms with Crippen LogP contribution in [0.3, 0.4) is 0 Å². The summed E-state index contributed by atoms with van der Waals surface area (Å²) in [6.07, 6.45) is 0. The van der Waals surface area contributed by atoms with E-state index in [0.29, 0.717) is 36.7 Å².